The van der Waals surface area contributed by atoms with Crippen molar-refractivity contribution in [3.8, 4) is 28.2 Å². The van der Waals surface area contributed by atoms with Gasteiger partial charge in [-0.05, 0) is 102 Å². The molecule has 0 atom stereocenters. The van der Waals surface area contributed by atoms with E-state index in [9.17, 15) is 19.8 Å². The van der Waals surface area contributed by atoms with Crippen LogP contribution in [0.1, 0.15) is 10.4 Å². The van der Waals surface area contributed by atoms with Gasteiger partial charge in [-0.25, -0.2) is 0 Å². The summed E-state index contributed by atoms with van der Waals surface area (Å²) in [6.45, 7) is 0. The van der Waals surface area contributed by atoms with E-state index in [0.29, 0.717) is 18.1 Å². The summed E-state index contributed by atoms with van der Waals surface area (Å²) in [5, 5.41) is 24.3. The fourth-order valence-electron chi connectivity index (χ4n) is 3.31. The van der Waals surface area contributed by atoms with E-state index in [1.165, 1.54) is 0 Å². The van der Waals surface area contributed by atoms with Gasteiger partial charge in [0.25, 0.3) is 0 Å². The number of hydrogen-bond acceptors (Lipinski definition) is 5. The van der Waals surface area contributed by atoms with Gasteiger partial charge in [-0.2, -0.15) is 0 Å². The van der Waals surface area contributed by atoms with Crippen molar-refractivity contribution in [1.29, 1.82) is 0 Å². The van der Waals surface area contributed by atoms with Crippen molar-refractivity contribution in [1.82, 2.24) is 0 Å². The summed E-state index contributed by atoms with van der Waals surface area (Å²) < 4.78 is 7.27. The fourth-order valence-corrected chi connectivity index (χ4v) is 7.91. The van der Waals surface area contributed by atoms with Crippen molar-refractivity contribution >= 4 is 154 Å². The Morgan fingerprint density at radius 2 is 1.40 bits per heavy atom. The van der Waals surface area contributed by atoms with E-state index in [-0.39, 0.29) is 164 Å². The number of halogens is 8. The van der Waals surface area contributed by atoms with Crippen LogP contribution in [-0.4, -0.2) is 5.97 Å². The Kier molecular flexibility index (Phi) is 13.8. The van der Waals surface area contributed by atoms with Gasteiger partial charge in [0.05, 0.1) is 29.6 Å². The molecule has 170 valence electrons. The molecule has 2 aromatic carbocycles. The van der Waals surface area contributed by atoms with Crippen LogP contribution in [0.4, 0.5) is 0 Å². The molecule has 0 fully saturated rings. The molecule has 5 nitrogen and oxygen atoms in total. The van der Waals surface area contributed by atoms with Gasteiger partial charge in [-0.3, -0.25) is 4.79 Å². The summed E-state index contributed by atoms with van der Waals surface area (Å²) in [7, 11) is 0. The zero-order valence-corrected chi connectivity index (χ0v) is 35.1. The van der Waals surface area contributed by atoms with Gasteiger partial charge in [0.2, 0.25) is 5.43 Å². The Hall–Kier alpha value is 3.75. The molecule has 15 heteroatoms. The fraction of sp³-hybridized carbons (Fsp3) is 0. The monoisotopic (exact) mass is 1060 g/mol. The third kappa shape index (κ3) is 6.27. The van der Waals surface area contributed by atoms with Crippen LogP contribution in [-0.2, 0) is 0 Å². The maximum Gasteiger partial charge on any atom is 1.00 e. The summed E-state index contributed by atoms with van der Waals surface area (Å²) in [4.78, 5) is 24.8. The molecule has 4 rings (SSSR count). The molecule has 2 aliphatic rings. The first kappa shape index (κ1) is 35.0. The van der Waals surface area contributed by atoms with Crippen molar-refractivity contribution < 1.29 is 122 Å². The quantitative estimate of drug-likeness (QED) is 0.0986. The van der Waals surface area contributed by atoms with Gasteiger partial charge in [0.1, 0.15) is 9.15 Å². The van der Waals surface area contributed by atoms with E-state index in [4.69, 9.17) is 50.8 Å². The van der Waals surface area contributed by atoms with Gasteiger partial charge in [0.15, 0.2) is 5.76 Å². The Balaban J connectivity index is 0.00000216. The second kappa shape index (κ2) is 13.8. The average molecular weight is 1070 g/mol. The average Bonchev–Trinajstić information content (AvgIpc) is 2.76. The topological polar surface area (TPSA) is 93.4 Å². The van der Waals surface area contributed by atoms with Crippen LogP contribution in [0, 0.1) is 14.3 Å². The van der Waals surface area contributed by atoms with Crippen LogP contribution >= 0.6 is 137 Å². The Labute approximate surface area is 357 Å². The number of carbonyl (C=O) groups excluding carboxylic acids is 1. The summed E-state index contributed by atoms with van der Waals surface area (Å²) in [5.41, 5.74) is -0.0131. The molecule has 0 radical (unpaired) electrons. The summed E-state index contributed by atoms with van der Waals surface area (Å²) in [5.74, 6) is -1.75. The molecule has 35 heavy (non-hydrogen) atoms. The SMILES string of the molecule is O=C([O-])c1c(Cl)c(Cl)c(Cl)c(Cl)c1-c1c2cc([131I])c(=O)c([131I])c-2oc2c([131I])c([O-])c([131I])cc12.[K+].[K+]. The third-order valence-corrected chi connectivity index (χ3v) is 10.1. The molecule has 1 aliphatic heterocycles. The van der Waals surface area contributed by atoms with Crippen molar-refractivity contribution in [3.05, 3.63) is 62.3 Å². The van der Waals surface area contributed by atoms with Crippen molar-refractivity contribution in [3.63, 3.8) is 0 Å². The van der Waals surface area contributed by atoms with E-state index in [2.05, 4.69) is 0 Å². The summed E-state index contributed by atoms with van der Waals surface area (Å²) >= 11 is 32.7. The number of carbonyl (C=O) groups is 1. The molecule has 0 unspecified atom stereocenters. The predicted octanol–water partition coefficient (Wildman–Crippen LogP) is 1.04. The van der Waals surface area contributed by atoms with Gasteiger partial charge in [-0.1, -0.05) is 52.2 Å². The Bertz CT molecular complexity index is 1580. The number of benzene rings is 3. The van der Waals surface area contributed by atoms with Crippen LogP contribution in [0.2, 0.25) is 20.1 Å². The number of fused-ring (bicyclic) bond motifs is 2. The van der Waals surface area contributed by atoms with Crippen molar-refractivity contribution in [2.75, 3.05) is 0 Å². The minimum absolute atomic E-state index is 0. The molecule has 0 spiro atoms. The van der Waals surface area contributed by atoms with Crippen LogP contribution in [0.15, 0.2) is 21.3 Å². The Morgan fingerprint density at radius 1 is 0.829 bits per heavy atom. The van der Waals surface area contributed by atoms with Crippen LogP contribution in [0.5, 0.6) is 5.75 Å². The molecule has 2 aromatic rings. The van der Waals surface area contributed by atoms with E-state index >= 15 is 0 Å². The smallest absolute Gasteiger partial charge is 0.871 e. The standard InChI is InChI=1S/C20H4Cl4I4O5.2K/c21-10-8(9(20(31)32)11(22)13(24)12(10)23)7-3-1-5(25)16(29)14(27)18(3)33-19-4(7)2-6(26)17(30)15(19)28;;/h1-2,29H,(H,31,32);;/q;2*+1/p-2/i25+4,26+4,27+4,28+4;;. The normalized spacial score (nSPS) is 10.9. The molecular weight excluding hydrogens is 1060 g/mol. The second-order valence-electron chi connectivity index (χ2n) is 6.53. The predicted molar refractivity (Wildman–Crippen MR) is 159 cm³/mol. The van der Waals surface area contributed by atoms with E-state index in [1.54, 1.807) is 12.1 Å². The molecule has 0 N–H and O–H groups in total. The largest absolute Gasteiger partial charge is 1.00 e. The number of carboxylic acids is 1. The van der Waals surface area contributed by atoms with Gasteiger partial charge in [0, 0.05) is 34.8 Å². The maximum atomic E-state index is 12.6. The maximum absolute atomic E-state index is 12.6. The molecule has 0 aromatic heterocycles. The molecular formula is C20H2Cl4I4K2O5. The molecule has 0 bridgehead atoms. The first-order valence-corrected chi connectivity index (χ1v) is 14.2. The molecule has 0 saturated heterocycles. The number of aromatic carboxylic acids is 1. The number of carboxylic acid groups (broad SMARTS) is 1. The molecule has 1 aliphatic carbocycles. The minimum Gasteiger partial charge on any atom is -0.871 e. The Morgan fingerprint density at radius 3 is 1.97 bits per heavy atom. The summed E-state index contributed by atoms with van der Waals surface area (Å²) in [6, 6.07) is 3.10. The van der Waals surface area contributed by atoms with Crippen LogP contribution < -0.4 is 118 Å². The third-order valence-electron chi connectivity index (χ3n) is 4.73. The number of hydrogen-bond donors (Lipinski definition) is 0. The van der Waals surface area contributed by atoms with E-state index in [1.807, 2.05) is 90.4 Å². The first-order chi connectivity index (χ1) is 15.4. The zero-order chi connectivity index (χ0) is 24.5. The first-order valence-electron chi connectivity index (χ1n) is 8.39. The van der Waals surface area contributed by atoms with E-state index < -0.39 is 11.5 Å². The van der Waals surface area contributed by atoms with Crippen LogP contribution in [0.25, 0.3) is 33.4 Å². The van der Waals surface area contributed by atoms with Gasteiger partial charge in [-0.15, -0.1) is 0 Å². The van der Waals surface area contributed by atoms with Crippen LogP contribution in [0.3, 0.4) is 0 Å². The van der Waals surface area contributed by atoms with Gasteiger partial charge < -0.3 is 19.4 Å². The summed E-state index contributed by atoms with van der Waals surface area (Å²) in [6.07, 6.45) is 0. The molecule has 0 saturated carbocycles. The minimum atomic E-state index is -1.63. The van der Waals surface area contributed by atoms with Crippen molar-refractivity contribution in [2.45, 2.75) is 0 Å². The second-order valence-corrected chi connectivity index (χ2v) is 12.5. The van der Waals surface area contributed by atoms with Gasteiger partial charge >= 0.3 is 103 Å². The van der Waals surface area contributed by atoms with E-state index in [0.717, 1.165) is 0 Å². The molecule has 0 amide bonds. The zero-order valence-electron chi connectivity index (χ0n) is 17.2. The van der Waals surface area contributed by atoms with Crippen molar-refractivity contribution in [2.24, 2.45) is 0 Å². The molecule has 1 heterocycles. The number of rotatable bonds is 2.